The maximum absolute atomic E-state index is 5.84. The minimum atomic E-state index is 0.585. The van der Waals surface area contributed by atoms with E-state index in [1.54, 1.807) is 0 Å². The third kappa shape index (κ3) is 4.45. The van der Waals surface area contributed by atoms with Crippen LogP contribution in [0.4, 0.5) is 0 Å². The average Bonchev–Trinajstić information content (AvgIpc) is 3.10. The Balaban J connectivity index is 1.58. The summed E-state index contributed by atoms with van der Waals surface area (Å²) in [4.78, 5) is 4.40. The monoisotopic (exact) mass is 312 g/mol. The van der Waals surface area contributed by atoms with Gasteiger partial charge in [0.2, 0.25) is 5.88 Å². The Bertz CT molecular complexity index is 607. The van der Waals surface area contributed by atoms with Crippen molar-refractivity contribution < 1.29 is 9.47 Å². The largest absolute Gasteiger partial charge is 0.490 e. The number of hydrogen-bond donors (Lipinski definition) is 1. The summed E-state index contributed by atoms with van der Waals surface area (Å²) >= 11 is 0. The molecule has 4 heteroatoms. The van der Waals surface area contributed by atoms with Crippen LogP contribution in [0.1, 0.15) is 38.2 Å². The molecule has 122 valence electrons. The van der Waals surface area contributed by atoms with Gasteiger partial charge in [-0.25, -0.2) is 4.98 Å². The quantitative estimate of drug-likeness (QED) is 0.827. The molecule has 1 fully saturated rings. The standard InChI is InChI=1S/C19H24N2O2/c1-2-22-17-9-5-6-10-18(17)23-19-12-11-15(14-21-19)13-20-16-7-3-4-8-16/h5-6,9-12,14,16,20H,2-4,7-8,13H2,1H3. The summed E-state index contributed by atoms with van der Waals surface area (Å²) in [5.74, 6) is 2.02. The molecule has 3 rings (SSSR count). The molecule has 0 atom stereocenters. The lowest BCUT2D eigenvalue weighted by atomic mass is 10.2. The summed E-state index contributed by atoms with van der Waals surface area (Å²) in [6, 6.07) is 12.3. The van der Waals surface area contributed by atoms with E-state index in [4.69, 9.17) is 9.47 Å². The molecule has 1 aliphatic rings. The SMILES string of the molecule is CCOc1ccccc1Oc1ccc(CNC2CCCC2)cn1. The lowest BCUT2D eigenvalue weighted by molar-refractivity contribution is 0.319. The zero-order valence-corrected chi connectivity index (χ0v) is 13.6. The molecule has 1 aromatic heterocycles. The number of nitrogens with one attached hydrogen (secondary N) is 1. The minimum Gasteiger partial charge on any atom is -0.490 e. The van der Waals surface area contributed by atoms with Gasteiger partial charge in [0.25, 0.3) is 0 Å². The molecule has 0 aliphatic heterocycles. The molecule has 0 spiro atoms. The van der Waals surface area contributed by atoms with Gasteiger partial charge in [0.05, 0.1) is 6.61 Å². The molecular weight excluding hydrogens is 288 g/mol. The Morgan fingerprint density at radius 3 is 2.57 bits per heavy atom. The van der Waals surface area contributed by atoms with Gasteiger partial charge in [-0.3, -0.25) is 0 Å². The number of rotatable bonds is 7. The van der Waals surface area contributed by atoms with Crippen molar-refractivity contribution in [2.24, 2.45) is 0 Å². The van der Waals surface area contributed by atoms with Crippen molar-refractivity contribution >= 4 is 0 Å². The second-order valence-electron chi connectivity index (χ2n) is 5.85. The van der Waals surface area contributed by atoms with Crippen molar-refractivity contribution in [3.05, 3.63) is 48.2 Å². The summed E-state index contributed by atoms with van der Waals surface area (Å²) in [7, 11) is 0. The van der Waals surface area contributed by atoms with E-state index in [0.717, 1.165) is 12.3 Å². The summed E-state index contributed by atoms with van der Waals surface area (Å²) in [5.41, 5.74) is 1.18. The van der Waals surface area contributed by atoms with E-state index in [9.17, 15) is 0 Å². The van der Waals surface area contributed by atoms with Crippen molar-refractivity contribution in [3.8, 4) is 17.4 Å². The van der Waals surface area contributed by atoms with E-state index in [0.29, 0.717) is 24.3 Å². The van der Waals surface area contributed by atoms with Crippen LogP contribution in [-0.2, 0) is 6.54 Å². The number of hydrogen-bond acceptors (Lipinski definition) is 4. The topological polar surface area (TPSA) is 43.4 Å². The van der Waals surface area contributed by atoms with Crippen molar-refractivity contribution in [1.82, 2.24) is 10.3 Å². The molecule has 1 N–H and O–H groups in total. The average molecular weight is 312 g/mol. The smallest absolute Gasteiger partial charge is 0.219 e. The molecule has 0 bridgehead atoms. The first-order valence-electron chi connectivity index (χ1n) is 8.43. The lowest BCUT2D eigenvalue weighted by Gasteiger charge is -2.12. The van der Waals surface area contributed by atoms with E-state index >= 15 is 0 Å². The van der Waals surface area contributed by atoms with E-state index < -0.39 is 0 Å². The highest BCUT2D eigenvalue weighted by Crippen LogP contribution is 2.30. The molecule has 1 heterocycles. The maximum atomic E-state index is 5.84. The van der Waals surface area contributed by atoms with Crippen LogP contribution in [-0.4, -0.2) is 17.6 Å². The lowest BCUT2D eigenvalue weighted by Crippen LogP contribution is -2.25. The molecule has 0 amide bonds. The van der Waals surface area contributed by atoms with Crippen LogP contribution >= 0.6 is 0 Å². The molecule has 0 radical (unpaired) electrons. The summed E-state index contributed by atoms with van der Waals surface area (Å²) in [6.45, 7) is 3.44. The normalized spacial score (nSPS) is 14.8. The number of pyridine rings is 1. The first kappa shape index (κ1) is 15.8. The first-order chi connectivity index (χ1) is 11.3. The van der Waals surface area contributed by atoms with Crippen molar-refractivity contribution in [2.75, 3.05) is 6.61 Å². The Morgan fingerprint density at radius 2 is 1.87 bits per heavy atom. The van der Waals surface area contributed by atoms with E-state index in [-0.39, 0.29) is 0 Å². The zero-order valence-electron chi connectivity index (χ0n) is 13.6. The fraction of sp³-hybridized carbons (Fsp3) is 0.421. The van der Waals surface area contributed by atoms with Gasteiger partial charge < -0.3 is 14.8 Å². The number of para-hydroxylation sites is 2. The third-order valence-corrected chi connectivity index (χ3v) is 4.11. The molecule has 1 aliphatic carbocycles. The number of nitrogens with zero attached hydrogens (tertiary/aromatic N) is 1. The van der Waals surface area contributed by atoms with Crippen molar-refractivity contribution in [3.63, 3.8) is 0 Å². The summed E-state index contributed by atoms with van der Waals surface area (Å²) in [5, 5.41) is 3.59. The second kappa shape index (κ2) is 7.97. The van der Waals surface area contributed by atoms with Gasteiger partial charge in [-0.05, 0) is 37.5 Å². The van der Waals surface area contributed by atoms with Crippen molar-refractivity contribution in [1.29, 1.82) is 0 Å². The van der Waals surface area contributed by atoms with Gasteiger partial charge in [0.15, 0.2) is 11.5 Å². The van der Waals surface area contributed by atoms with Gasteiger partial charge in [-0.2, -0.15) is 0 Å². The van der Waals surface area contributed by atoms with Gasteiger partial charge in [0, 0.05) is 24.8 Å². The first-order valence-corrected chi connectivity index (χ1v) is 8.43. The zero-order chi connectivity index (χ0) is 15.9. The van der Waals surface area contributed by atoms with Gasteiger partial charge >= 0.3 is 0 Å². The molecule has 1 saturated carbocycles. The molecule has 0 unspecified atom stereocenters. The molecule has 1 aromatic carbocycles. The fourth-order valence-corrected chi connectivity index (χ4v) is 2.89. The van der Waals surface area contributed by atoms with Crippen LogP contribution in [0.15, 0.2) is 42.6 Å². The highest BCUT2D eigenvalue weighted by atomic mass is 16.5. The molecule has 4 nitrogen and oxygen atoms in total. The third-order valence-electron chi connectivity index (χ3n) is 4.11. The minimum absolute atomic E-state index is 0.585. The molecule has 0 saturated heterocycles. The van der Waals surface area contributed by atoms with Gasteiger partial charge in [0.1, 0.15) is 0 Å². The second-order valence-corrected chi connectivity index (χ2v) is 5.85. The number of ether oxygens (including phenoxy) is 2. The van der Waals surface area contributed by atoms with Crippen LogP contribution in [0.5, 0.6) is 17.4 Å². The number of aromatic nitrogens is 1. The summed E-state index contributed by atoms with van der Waals surface area (Å²) in [6.07, 6.45) is 7.16. The Kier molecular flexibility index (Phi) is 5.48. The fourth-order valence-electron chi connectivity index (χ4n) is 2.89. The Hall–Kier alpha value is -2.07. The van der Waals surface area contributed by atoms with Crippen LogP contribution in [0.25, 0.3) is 0 Å². The predicted octanol–water partition coefficient (Wildman–Crippen LogP) is 4.30. The van der Waals surface area contributed by atoms with Crippen LogP contribution in [0, 0.1) is 0 Å². The number of benzene rings is 1. The summed E-state index contributed by atoms with van der Waals surface area (Å²) < 4.78 is 11.4. The highest BCUT2D eigenvalue weighted by molar-refractivity contribution is 5.41. The van der Waals surface area contributed by atoms with E-state index in [2.05, 4.69) is 16.4 Å². The van der Waals surface area contributed by atoms with E-state index in [1.807, 2.05) is 43.5 Å². The Morgan fingerprint density at radius 1 is 1.09 bits per heavy atom. The highest BCUT2D eigenvalue weighted by Gasteiger charge is 2.13. The molecule has 23 heavy (non-hydrogen) atoms. The van der Waals surface area contributed by atoms with Crippen LogP contribution in [0.3, 0.4) is 0 Å². The van der Waals surface area contributed by atoms with Crippen LogP contribution in [0.2, 0.25) is 0 Å². The van der Waals surface area contributed by atoms with Gasteiger partial charge in [-0.15, -0.1) is 0 Å². The van der Waals surface area contributed by atoms with E-state index in [1.165, 1.54) is 31.2 Å². The van der Waals surface area contributed by atoms with Crippen LogP contribution < -0.4 is 14.8 Å². The Labute approximate surface area is 137 Å². The van der Waals surface area contributed by atoms with Crippen molar-refractivity contribution in [2.45, 2.75) is 45.2 Å². The molecular formula is C19H24N2O2. The van der Waals surface area contributed by atoms with Gasteiger partial charge in [-0.1, -0.05) is 31.0 Å². The predicted molar refractivity (Wildman–Crippen MR) is 91.0 cm³/mol. The maximum Gasteiger partial charge on any atom is 0.219 e. The molecule has 2 aromatic rings.